The Balaban J connectivity index is 2.04. The minimum atomic E-state index is -0.559. The van der Waals surface area contributed by atoms with E-state index in [-0.39, 0.29) is 39.7 Å². The Bertz CT molecular complexity index is 1050. The molecule has 0 unspecified atom stereocenters. The Kier molecular flexibility index (Phi) is 4.54. The zero-order chi connectivity index (χ0) is 18.8. The maximum absolute atomic E-state index is 12.7. The maximum Gasteiger partial charge on any atom is 0.259 e. The number of aromatic hydroxyl groups is 1. The highest BCUT2D eigenvalue weighted by molar-refractivity contribution is 6.15. The van der Waals surface area contributed by atoms with Gasteiger partial charge in [0, 0.05) is 5.56 Å². The Morgan fingerprint density at radius 2 is 1.46 bits per heavy atom. The van der Waals surface area contributed by atoms with Crippen LogP contribution < -0.4 is 5.32 Å². The number of phenolic OH excluding ortho intramolecular Hbond substituents is 1. The first kappa shape index (κ1) is 17.4. The van der Waals surface area contributed by atoms with Gasteiger partial charge >= 0.3 is 0 Å². The monoisotopic (exact) mass is 347 g/mol. The molecule has 0 heterocycles. The first-order valence-electron chi connectivity index (χ1n) is 8.06. The van der Waals surface area contributed by atoms with Crippen molar-refractivity contribution in [2.75, 3.05) is 5.32 Å². The van der Waals surface area contributed by atoms with Crippen LogP contribution in [0.2, 0.25) is 0 Å². The number of anilines is 1. The van der Waals surface area contributed by atoms with Gasteiger partial charge in [-0.1, -0.05) is 36.4 Å². The molecule has 5 nitrogen and oxygen atoms in total. The number of rotatable bonds is 4. The van der Waals surface area contributed by atoms with Gasteiger partial charge in [-0.15, -0.1) is 0 Å². The number of benzene rings is 3. The van der Waals surface area contributed by atoms with E-state index in [2.05, 4.69) is 5.32 Å². The molecule has 0 saturated heterocycles. The molecule has 26 heavy (non-hydrogen) atoms. The van der Waals surface area contributed by atoms with E-state index in [9.17, 15) is 19.5 Å². The van der Waals surface area contributed by atoms with Crippen molar-refractivity contribution in [1.29, 1.82) is 0 Å². The van der Waals surface area contributed by atoms with E-state index < -0.39 is 5.91 Å². The lowest BCUT2D eigenvalue weighted by atomic mass is 9.99. The second kappa shape index (κ2) is 6.80. The maximum atomic E-state index is 12.7. The fourth-order valence-corrected chi connectivity index (χ4v) is 2.93. The number of fused-ring (bicyclic) bond motifs is 1. The van der Waals surface area contributed by atoms with Crippen molar-refractivity contribution in [3.63, 3.8) is 0 Å². The Labute approximate surface area is 150 Å². The lowest BCUT2D eigenvalue weighted by molar-refractivity contribution is 0.0980. The number of hydrogen-bond donors (Lipinski definition) is 2. The summed E-state index contributed by atoms with van der Waals surface area (Å²) < 4.78 is 0. The predicted octanol–water partition coefficient (Wildman–Crippen LogP) is 4.20. The van der Waals surface area contributed by atoms with Crippen LogP contribution in [-0.2, 0) is 0 Å². The quantitative estimate of drug-likeness (QED) is 0.693. The van der Waals surface area contributed by atoms with Gasteiger partial charge < -0.3 is 10.4 Å². The van der Waals surface area contributed by atoms with Crippen molar-refractivity contribution in [1.82, 2.24) is 0 Å². The fraction of sp³-hybridized carbons (Fsp3) is 0.0952. The van der Waals surface area contributed by atoms with Gasteiger partial charge in [0.1, 0.15) is 5.75 Å². The van der Waals surface area contributed by atoms with Crippen LogP contribution in [0.25, 0.3) is 10.8 Å². The van der Waals surface area contributed by atoms with Crippen LogP contribution in [0.4, 0.5) is 5.69 Å². The summed E-state index contributed by atoms with van der Waals surface area (Å²) in [6.07, 6.45) is 0. The SMILES string of the molecule is CC(=O)c1cccc(NC(=O)c2cc3ccccc3cc2O)c1C(C)=O. The zero-order valence-corrected chi connectivity index (χ0v) is 14.4. The third kappa shape index (κ3) is 3.19. The summed E-state index contributed by atoms with van der Waals surface area (Å²) in [5, 5.41) is 14.4. The highest BCUT2D eigenvalue weighted by Gasteiger charge is 2.19. The van der Waals surface area contributed by atoms with Crippen molar-refractivity contribution in [2.45, 2.75) is 13.8 Å². The molecule has 130 valence electrons. The van der Waals surface area contributed by atoms with Gasteiger partial charge in [-0.3, -0.25) is 14.4 Å². The summed E-state index contributed by atoms with van der Waals surface area (Å²) in [6.45, 7) is 2.70. The molecule has 2 N–H and O–H groups in total. The van der Waals surface area contributed by atoms with Crippen LogP contribution in [0.1, 0.15) is 44.9 Å². The molecule has 0 fully saturated rings. The molecule has 0 saturated carbocycles. The van der Waals surface area contributed by atoms with Crippen molar-refractivity contribution in [3.05, 3.63) is 71.3 Å². The normalized spacial score (nSPS) is 10.5. The number of ketones is 2. The van der Waals surface area contributed by atoms with Gasteiger partial charge in [0.25, 0.3) is 5.91 Å². The van der Waals surface area contributed by atoms with Crippen LogP contribution in [0.3, 0.4) is 0 Å². The van der Waals surface area contributed by atoms with Crippen LogP contribution >= 0.6 is 0 Å². The number of Topliss-reactive ketones (excluding diaryl/α,β-unsaturated/α-hetero) is 2. The molecule has 0 atom stereocenters. The molecule has 0 aromatic heterocycles. The average Bonchev–Trinajstić information content (AvgIpc) is 2.60. The third-order valence-electron chi connectivity index (χ3n) is 4.15. The lowest BCUT2D eigenvalue weighted by Gasteiger charge is -2.13. The number of carbonyl (C=O) groups excluding carboxylic acids is 3. The molecule has 0 aliphatic carbocycles. The average molecular weight is 347 g/mol. The third-order valence-corrected chi connectivity index (χ3v) is 4.15. The van der Waals surface area contributed by atoms with Gasteiger partial charge in [0.15, 0.2) is 11.6 Å². The van der Waals surface area contributed by atoms with Gasteiger partial charge in [0.05, 0.1) is 16.8 Å². The van der Waals surface area contributed by atoms with Crippen LogP contribution in [0, 0.1) is 0 Å². The standard InChI is InChI=1S/C21H17NO4/c1-12(23)16-8-5-9-18(20(16)13(2)24)22-21(26)17-10-14-6-3-4-7-15(14)11-19(17)25/h3-11,25H,1-2H3,(H,22,26). The number of hydrogen-bond acceptors (Lipinski definition) is 4. The summed E-state index contributed by atoms with van der Waals surface area (Å²) in [4.78, 5) is 36.4. The fourth-order valence-electron chi connectivity index (χ4n) is 2.93. The van der Waals surface area contributed by atoms with E-state index in [4.69, 9.17) is 0 Å². The first-order chi connectivity index (χ1) is 12.4. The smallest absolute Gasteiger partial charge is 0.259 e. The van der Waals surface area contributed by atoms with Crippen LogP contribution in [-0.4, -0.2) is 22.6 Å². The number of phenols is 1. The Morgan fingerprint density at radius 3 is 2.08 bits per heavy atom. The Morgan fingerprint density at radius 1 is 0.808 bits per heavy atom. The van der Waals surface area contributed by atoms with Crippen LogP contribution in [0.5, 0.6) is 5.75 Å². The van der Waals surface area contributed by atoms with Crippen molar-refractivity contribution < 1.29 is 19.5 Å². The van der Waals surface area contributed by atoms with E-state index >= 15 is 0 Å². The molecular weight excluding hydrogens is 330 g/mol. The van der Waals surface area contributed by atoms with Gasteiger partial charge in [-0.05, 0) is 42.8 Å². The summed E-state index contributed by atoms with van der Waals surface area (Å²) in [6, 6.07) is 15.1. The second-order valence-electron chi connectivity index (χ2n) is 6.01. The molecule has 0 aliphatic rings. The lowest BCUT2D eigenvalue weighted by Crippen LogP contribution is -2.16. The van der Waals surface area contributed by atoms with E-state index in [0.717, 1.165) is 10.8 Å². The molecule has 0 aliphatic heterocycles. The molecule has 0 radical (unpaired) electrons. The van der Waals surface area contributed by atoms with Crippen molar-refractivity contribution >= 4 is 33.9 Å². The van der Waals surface area contributed by atoms with E-state index in [1.165, 1.54) is 19.9 Å². The number of amides is 1. The van der Waals surface area contributed by atoms with Gasteiger partial charge in [-0.2, -0.15) is 0 Å². The van der Waals surface area contributed by atoms with Crippen molar-refractivity contribution in [3.8, 4) is 5.75 Å². The summed E-state index contributed by atoms with van der Waals surface area (Å²) >= 11 is 0. The molecule has 0 bridgehead atoms. The summed E-state index contributed by atoms with van der Waals surface area (Å²) in [7, 11) is 0. The molecule has 3 rings (SSSR count). The molecule has 3 aromatic carbocycles. The molecule has 0 spiro atoms. The molecule has 3 aromatic rings. The highest BCUT2D eigenvalue weighted by atomic mass is 16.3. The van der Waals surface area contributed by atoms with E-state index in [1.807, 2.05) is 24.3 Å². The second-order valence-corrected chi connectivity index (χ2v) is 6.01. The predicted molar refractivity (Wildman–Crippen MR) is 100 cm³/mol. The van der Waals surface area contributed by atoms with E-state index in [1.54, 1.807) is 24.3 Å². The summed E-state index contributed by atoms with van der Waals surface area (Å²) in [5.74, 6) is -1.31. The number of nitrogens with one attached hydrogen (secondary N) is 1. The van der Waals surface area contributed by atoms with Gasteiger partial charge in [0.2, 0.25) is 0 Å². The molecule has 1 amide bonds. The first-order valence-corrected chi connectivity index (χ1v) is 8.06. The van der Waals surface area contributed by atoms with E-state index in [0.29, 0.717) is 0 Å². The van der Waals surface area contributed by atoms with Crippen LogP contribution in [0.15, 0.2) is 54.6 Å². The topological polar surface area (TPSA) is 83.5 Å². The highest BCUT2D eigenvalue weighted by Crippen LogP contribution is 2.27. The minimum Gasteiger partial charge on any atom is -0.507 e. The number of carbonyl (C=O) groups is 3. The molecule has 5 heteroatoms. The van der Waals surface area contributed by atoms with Crippen molar-refractivity contribution in [2.24, 2.45) is 0 Å². The van der Waals surface area contributed by atoms with Gasteiger partial charge in [-0.25, -0.2) is 0 Å². The summed E-state index contributed by atoms with van der Waals surface area (Å²) in [5.41, 5.74) is 0.737. The Hall–Kier alpha value is -3.47. The zero-order valence-electron chi connectivity index (χ0n) is 14.4. The minimum absolute atomic E-state index is 0.0893. The largest absolute Gasteiger partial charge is 0.507 e. The molecular formula is C21H17NO4.